The molecule has 2 saturated heterocycles. The molecule has 1 aliphatic carbocycles. The molecule has 0 spiro atoms. The molecule has 3 unspecified atom stereocenters. The summed E-state index contributed by atoms with van der Waals surface area (Å²) in [5.74, 6) is 0.890. The number of quaternary nitrogens is 1. The lowest BCUT2D eigenvalue weighted by atomic mass is 9.92. The van der Waals surface area contributed by atoms with E-state index in [1.54, 1.807) is 0 Å². The van der Waals surface area contributed by atoms with Gasteiger partial charge in [0.1, 0.15) is 18.1 Å². The number of carboxylic acids is 1. The number of benzene rings is 2. The molecular weight excluding hydrogens is 442 g/mol. The summed E-state index contributed by atoms with van der Waals surface area (Å²) in [5.41, 5.74) is 6.98. The Bertz CT molecular complexity index is 1140. The molecule has 2 aromatic rings. The Morgan fingerprint density at radius 3 is 2.77 bits per heavy atom. The molecule has 184 valence electrons. The summed E-state index contributed by atoms with van der Waals surface area (Å²) in [6, 6.07) is 12.8. The third kappa shape index (κ3) is 5.44. The topological polar surface area (TPSA) is 81.6 Å². The quantitative estimate of drug-likeness (QED) is 0.604. The van der Waals surface area contributed by atoms with Gasteiger partial charge < -0.3 is 24.6 Å². The van der Waals surface area contributed by atoms with E-state index in [0.717, 1.165) is 48.6 Å². The van der Waals surface area contributed by atoms with Crippen LogP contribution in [0.2, 0.25) is 0 Å². The number of carboxylic acid groups (broad SMARTS) is 1. The number of aryl methyl sites for hydroxylation is 2. The average molecular weight is 477 g/mol. The highest BCUT2D eigenvalue weighted by Gasteiger charge is 2.32. The zero-order valence-corrected chi connectivity index (χ0v) is 20.5. The largest absolute Gasteiger partial charge is 0.493 e. The molecule has 0 bridgehead atoms. The number of hydrogen-bond acceptors (Lipinski definition) is 4. The minimum atomic E-state index is -0.792. The number of ether oxygens (including phenoxy) is 3. The molecule has 6 nitrogen and oxygen atoms in total. The van der Waals surface area contributed by atoms with Crippen molar-refractivity contribution < 1.29 is 29.4 Å². The average Bonchev–Trinajstić information content (AvgIpc) is 3.47. The number of rotatable bonds is 8. The first-order chi connectivity index (χ1) is 17.0. The molecule has 0 amide bonds. The third-order valence-corrected chi connectivity index (χ3v) is 7.10. The van der Waals surface area contributed by atoms with Crippen LogP contribution in [0, 0.1) is 19.8 Å². The summed E-state index contributed by atoms with van der Waals surface area (Å²) in [6.45, 7) is 7.41. The van der Waals surface area contributed by atoms with Crippen LogP contribution in [-0.2, 0) is 20.9 Å². The third-order valence-electron chi connectivity index (χ3n) is 7.10. The van der Waals surface area contributed by atoms with E-state index in [1.807, 2.05) is 6.08 Å². The van der Waals surface area contributed by atoms with Gasteiger partial charge in [0.25, 0.3) is 0 Å². The maximum Gasteiger partial charge on any atom is 0.304 e. The smallest absolute Gasteiger partial charge is 0.304 e. The Kier molecular flexibility index (Phi) is 6.93. The number of hydrogen-bond donors (Lipinski definition) is 2. The van der Waals surface area contributed by atoms with Crippen molar-refractivity contribution in [2.24, 2.45) is 5.92 Å². The van der Waals surface area contributed by atoms with Gasteiger partial charge in [-0.15, -0.1) is 0 Å². The summed E-state index contributed by atoms with van der Waals surface area (Å²) < 4.78 is 18.2. The zero-order valence-electron chi connectivity index (χ0n) is 20.5. The highest BCUT2D eigenvalue weighted by molar-refractivity contribution is 5.72. The zero-order chi connectivity index (χ0) is 24.4. The SMILES string of the molecule is Cc1cc(OC2CC[NH2+]C2)cc(C)c1-c1cccc(COC2C=C3OCC(CC(=O)O)C3=CC2)c1. The highest BCUT2D eigenvalue weighted by Crippen LogP contribution is 2.36. The van der Waals surface area contributed by atoms with Crippen molar-refractivity contribution in [1.82, 2.24) is 0 Å². The first-order valence-corrected chi connectivity index (χ1v) is 12.5. The van der Waals surface area contributed by atoms with Crippen molar-refractivity contribution in [3.05, 3.63) is 76.6 Å². The molecule has 2 fully saturated rings. The summed E-state index contributed by atoms with van der Waals surface area (Å²) in [5, 5.41) is 11.4. The maximum atomic E-state index is 11.1. The van der Waals surface area contributed by atoms with Crippen molar-refractivity contribution in [3.8, 4) is 16.9 Å². The number of allylic oxidation sites excluding steroid dienone is 1. The van der Waals surface area contributed by atoms with Gasteiger partial charge in [0.15, 0.2) is 6.10 Å². The van der Waals surface area contributed by atoms with Crippen molar-refractivity contribution in [2.75, 3.05) is 19.7 Å². The fourth-order valence-corrected chi connectivity index (χ4v) is 5.44. The van der Waals surface area contributed by atoms with Crippen LogP contribution in [0.5, 0.6) is 5.75 Å². The van der Waals surface area contributed by atoms with Crippen molar-refractivity contribution in [2.45, 2.75) is 51.9 Å². The second kappa shape index (κ2) is 10.3. The van der Waals surface area contributed by atoms with E-state index < -0.39 is 5.97 Å². The standard InChI is InChI=1S/C29H33NO5/c1-18-10-25(35-24-8-9-30-15-24)11-19(2)29(18)21-5-3-4-20(12-21)16-33-23-6-7-26-22(13-28(31)32)17-34-27(26)14-23/h3-5,7,10-12,14,22-24,30H,6,8-9,13,15-17H2,1-2H3,(H,31,32)/p+1. The fraction of sp³-hybridized carbons (Fsp3) is 0.414. The van der Waals surface area contributed by atoms with Crippen molar-refractivity contribution >= 4 is 5.97 Å². The van der Waals surface area contributed by atoms with Crippen molar-refractivity contribution in [3.63, 3.8) is 0 Å². The predicted octanol–water partition coefficient (Wildman–Crippen LogP) is 3.91. The van der Waals surface area contributed by atoms with Gasteiger partial charge in [0.2, 0.25) is 0 Å². The van der Waals surface area contributed by atoms with Crippen LogP contribution >= 0.6 is 0 Å². The van der Waals surface area contributed by atoms with E-state index in [9.17, 15) is 4.79 Å². The van der Waals surface area contributed by atoms with Crippen LogP contribution in [0.25, 0.3) is 11.1 Å². The van der Waals surface area contributed by atoms with Crippen LogP contribution < -0.4 is 10.1 Å². The van der Waals surface area contributed by atoms with Gasteiger partial charge in [-0.05, 0) is 77.9 Å². The number of nitrogens with two attached hydrogens (primary N) is 1. The van der Waals surface area contributed by atoms with Gasteiger partial charge in [0.05, 0.1) is 32.3 Å². The molecule has 3 atom stereocenters. The Hall–Kier alpha value is -3.09. The van der Waals surface area contributed by atoms with Gasteiger partial charge in [-0.1, -0.05) is 24.3 Å². The second-order valence-corrected chi connectivity index (χ2v) is 9.86. The van der Waals surface area contributed by atoms with Crippen LogP contribution in [0.4, 0.5) is 0 Å². The van der Waals surface area contributed by atoms with Gasteiger partial charge in [-0.25, -0.2) is 0 Å². The summed E-state index contributed by atoms with van der Waals surface area (Å²) >= 11 is 0. The molecule has 0 radical (unpaired) electrons. The molecule has 2 heterocycles. The Morgan fingerprint density at radius 2 is 2.03 bits per heavy atom. The van der Waals surface area contributed by atoms with E-state index in [0.29, 0.717) is 19.3 Å². The first kappa shape index (κ1) is 23.6. The minimum Gasteiger partial charge on any atom is -0.493 e. The molecule has 0 saturated carbocycles. The molecule has 2 aliphatic heterocycles. The molecule has 0 aromatic heterocycles. The molecule has 3 N–H and O–H groups in total. The lowest BCUT2D eigenvalue weighted by Gasteiger charge is -2.19. The van der Waals surface area contributed by atoms with E-state index in [2.05, 4.69) is 61.6 Å². The van der Waals surface area contributed by atoms with Crippen LogP contribution in [0.1, 0.15) is 36.0 Å². The van der Waals surface area contributed by atoms with E-state index in [4.69, 9.17) is 19.3 Å². The Balaban J connectivity index is 1.24. The summed E-state index contributed by atoms with van der Waals surface area (Å²) in [7, 11) is 0. The van der Waals surface area contributed by atoms with Crippen molar-refractivity contribution in [1.29, 1.82) is 0 Å². The number of fused-ring (bicyclic) bond motifs is 1. The molecule has 2 aromatic carbocycles. The van der Waals surface area contributed by atoms with Gasteiger partial charge in [-0.3, -0.25) is 4.79 Å². The van der Waals surface area contributed by atoms with Crippen LogP contribution in [0.15, 0.2) is 59.9 Å². The molecular formula is C29H34NO5+. The lowest BCUT2D eigenvalue weighted by Crippen LogP contribution is -2.81. The van der Waals surface area contributed by atoms with Gasteiger partial charge >= 0.3 is 5.97 Å². The minimum absolute atomic E-state index is 0.0591. The highest BCUT2D eigenvalue weighted by atomic mass is 16.5. The molecule has 6 heteroatoms. The lowest BCUT2D eigenvalue weighted by molar-refractivity contribution is -0.638. The van der Waals surface area contributed by atoms with Gasteiger partial charge in [-0.2, -0.15) is 0 Å². The maximum absolute atomic E-state index is 11.1. The van der Waals surface area contributed by atoms with E-state index in [-0.39, 0.29) is 18.4 Å². The van der Waals surface area contributed by atoms with E-state index in [1.165, 1.54) is 22.3 Å². The monoisotopic (exact) mass is 476 g/mol. The van der Waals surface area contributed by atoms with Crippen LogP contribution in [-0.4, -0.2) is 43.0 Å². The number of carbonyl (C=O) groups is 1. The molecule has 5 rings (SSSR count). The molecule has 35 heavy (non-hydrogen) atoms. The summed E-state index contributed by atoms with van der Waals surface area (Å²) in [6.07, 6.45) is 6.24. The summed E-state index contributed by atoms with van der Waals surface area (Å²) in [4.78, 5) is 11.1. The van der Waals surface area contributed by atoms with Crippen LogP contribution in [0.3, 0.4) is 0 Å². The molecule has 3 aliphatic rings. The fourth-order valence-electron chi connectivity index (χ4n) is 5.44. The predicted molar refractivity (Wildman–Crippen MR) is 133 cm³/mol. The number of aliphatic carboxylic acids is 1. The second-order valence-electron chi connectivity index (χ2n) is 9.86. The Labute approximate surface area is 206 Å². The first-order valence-electron chi connectivity index (χ1n) is 12.5. The normalized spacial score (nSPS) is 23.3. The Morgan fingerprint density at radius 1 is 1.20 bits per heavy atom. The van der Waals surface area contributed by atoms with Gasteiger partial charge in [0, 0.05) is 12.3 Å². The van der Waals surface area contributed by atoms with E-state index >= 15 is 0 Å².